The van der Waals surface area contributed by atoms with Gasteiger partial charge in [-0.1, -0.05) is 78.1 Å². The molecule has 0 aromatic rings. The zero-order valence-corrected chi connectivity index (χ0v) is 16.3. The molecule has 0 atom stereocenters. The van der Waals surface area contributed by atoms with Gasteiger partial charge in [0.2, 0.25) is 0 Å². The molecule has 0 fully saturated rings. The lowest BCUT2D eigenvalue weighted by molar-refractivity contribution is -0.403. The first-order valence-corrected chi connectivity index (χ1v) is 9.70. The van der Waals surface area contributed by atoms with Crippen molar-refractivity contribution in [3.05, 3.63) is 0 Å². The number of hydrogen-bond acceptors (Lipinski definition) is 2. The first-order chi connectivity index (χ1) is 10.3. The summed E-state index contributed by atoms with van der Waals surface area (Å²) in [6.07, 6.45) is 15.2. The van der Waals surface area contributed by atoms with Gasteiger partial charge in [-0.05, 0) is 40.5 Å². The minimum absolute atomic E-state index is 0.175. The first-order valence-electron chi connectivity index (χ1n) is 9.70. The quantitative estimate of drug-likeness (QED) is 0.180. The molecule has 2 heteroatoms. The molecule has 0 aliphatic carbocycles. The highest BCUT2D eigenvalue weighted by Crippen LogP contribution is 2.25. The third kappa shape index (κ3) is 13.6. The van der Waals surface area contributed by atoms with Crippen LogP contribution in [0.15, 0.2) is 0 Å². The number of rotatable bonds is 15. The molecule has 0 N–H and O–H groups in total. The largest absolute Gasteiger partial charge is 0.230 e. The standard InChI is InChI=1S/C20H42O2/c1-7-9-11-13-15-17-19(3,4)21-22-20(5,6)18-16-14-12-10-8-2/h7-18H2,1-6H3. The molecule has 0 spiro atoms. The Morgan fingerprint density at radius 3 is 1.14 bits per heavy atom. The maximum atomic E-state index is 5.78. The van der Waals surface area contributed by atoms with Gasteiger partial charge in [0.25, 0.3) is 0 Å². The lowest BCUT2D eigenvalue weighted by Gasteiger charge is -2.31. The zero-order valence-electron chi connectivity index (χ0n) is 16.3. The highest BCUT2D eigenvalue weighted by atomic mass is 17.2. The predicted molar refractivity (Wildman–Crippen MR) is 97.1 cm³/mol. The second kappa shape index (κ2) is 12.4. The van der Waals surface area contributed by atoms with Gasteiger partial charge in [0.15, 0.2) is 0 Å². The molecule has 0 saturated carbocycles. The Morgan fingerprint density at radius 1 is 0.500 bits per heavy atom. The monoisotopic (exact) mass is 314 g/mol. The number of hydrogen-bond donors (Lipinski definition) is 0. The summed E-state index contributed by atoms with van der Waals surface area (Å²) in [6.45, 7) is 13.1. The van der Waals surface area contributed by atoms with Crippen LogP contribution in [0.3, 0.4) is 0 Å². The van der Waals surface area contributed by atoms with Crippen LogP contribution in [0.1, 0.15) is 119 Å². The molecule has 0 radical (unpaired) electrons. The number of unbranched alkanes of at least 4 members (excludes halogenated alkanes) is 8. The van der Waals surface area contributed by atoms with Crippen LogP contribution in [0.25, 0.3) is 0 Å². The summed E-state index contributed by atoms with van der Waals surface area (Å²) in [4.78, 5) is 11.6. The van der Waals surface area contributed by atoms with Crippen LogP contribution in [0.4, 0.5) is 0 Å². The average molecular weight is 315 g/mol. The van der Waals surface area contributed by atoms with Crippen molar-refractivity contribution in [3.8, 4) is 0 Å². The molecule has 0 bridgehead atoms. The fraction of sp³-hybridized carbons (Fsp3) is 1.00. The molecule has 0 aromatic carbocycles. The van der Waals surface area contributed by atoms with Gasteiger partial charge in [-0.15, -0.1) is 0 Å². The van der Waals surface area contributed by atoms with Crippen molar-refractivity contribution < 1.29 is 9.78 Å². The smallest absolute Gasteiger partial charge is 0.0980 e. The SMILES string of the molecule is CCCCCCCC(C)(C)OOC(C)(C)CCCCCCC. The summed E-state index contributed by atoms with van der Waals surface area (Å²) in [7, 11) is 0. The maximum Gasteiger partial charge on any atom is 0.0980 e. The lowest BCUT2D eigenvalue weighted by atomic mass is 9.99. The normalized spacial score (nSPS) is 12.8. The molecule has 134 valence electrons. The van der Waals surface area contributed by atoms with E-state index in [1.165, 1.54) is 64.2 Å². The van der Waals surface area contributed by atoms with Crippen molar-refractivity contribution in [1.29, 1.82) is 0 Å². The van der Waals surface area contributed by atoms with Crippen LogP contribution >= 0.6 is 0 Å². The molecule has 22 heavy (non-hydrogen) atoms. The molecule has 0 saturated heterocycles. The van der Waals surface area contributed by atoms with Crippen LogP contribution < -0.4 is 0 Å². The van der Waals surface area contributed by atoms with E-state index in [-0.39, 0.29) is 11.2 Å². The van der Waals surface area contributed by atoms with Crippen molar-refractivity contribution >= 4 is 0 Å². The molecule has 0 aliphatic rings. The van der Waals surface area contributed by atoms with Crippen LogP contribution in [-0.2, 0) is 9.78 Å². The van der Waals surface area contributed by atoms with Gasteiger partial charge < -0.3 is 0 Å². The van der Waals surface area contributed by atoms with Crippen LogP contribution in [0, 0.1) is 0 Å². The van der Waals surface area contributed by atoms with E-state index in [4.69, 9.17) is 9.78 Å². The predicted octanol–water partition coefficient (Wildman–Crippen LogP) is 7.21. The molecule has 0 heterocycles. The van der Waals surface area contributed by atoms with Crippen LogP contribution in [-0.4, -0.2) is 11.2 Å². The van der Waals surface area contributed by atoms with E-state index in [1.54, 1.807) is 0 Å². The van der Waals surface area contributed by atoms with Crippen molar-refractivity contribution in [1.82, 2.24) is 0 Å². The molecule has 0 amide bonds. The topological polar surface area (TPSA) is 18.5 Å². The molecule has 0 unspecified atom stereocenters. The minimum atomic E-state index is -0.175. The zero-order chi connectivity index (χ0) is 16.9. The van der Waals surface area contributed by atoms with Crippen molar-refractivity contribution in [2.75, 3.05) is 0 Å². The van der Waals surface area contributed by atoms with Crippen molar-refractivity contribution in [3.63, 3.8) is 0 Å². The Kier molecular flexibility index (Phi) is 12.3. The van der Waals surface area contributed by atoms with Crippen molar-refractivity contribution in [2.24, 2.45) is 0 Å². The maximum absolute atomic E-state index is 5.78. The van der Waals surface area contributed by atoms with E-state index < -0.39 is 0 Å². The van der Waals surface area contributed by atoms with Gasteiger partial charge in [-0.25, -0.2) is 9.78 Å². The van der Waals surface area contributed by atoms with E-state index in [0.29, 0.717) is 0 Å². The summed E-state index contributed by atoms with van der Waals surface area (Å²) in [5, 5.41) is 0. The highest BCUT2D eigenvalue weighted by molar-refractivity contribution is 4.70. The fourth-order valence-electron chi connectivity index (χ4n) is 2.62. The van der Waals surface area contributed by atoms with E-state index in [0.717, 1.165) is 12.8 Å². The fourth-order valence-corrected chi connectivity index (χ4v) is 2.62. The average Bonchev–Trinajstić information content (AvgIpc) is 2.45. The molecular formula is C20H42O2. The third-order valence-electron chi connectivity index (χ3n) is 4.26. The van der Waals surface area contributed by atoms with E-state index in [2.05, 4.69) is 41.5 Å². The molecular weight excluding hydrogens is 272 g/mol. The second-order valence-corrected chi connectivity index (χ2v) is 8.01. The van der Waals surface area contributed by atoms with Gasteiger partial charge in [0.1, 0.15) is 0 Å². The van der Waals surface area contributed by atoms with E-state index >= 15 is 0 Å². The van der Waals surface area contributed by atoms with Gasteiger partial charge in [0, 0.05) is 0 Å². The van der Waals surface area contributed by atoms with Gasteiger partial charge in [0.05, 0.1) is 11.2 Å². The Bertz CT molecular complexity index is 220. The van der Waals surface area contributed by atoms with Gasteiger partial charge in [-0.3, -0.25) is 0 Å². The Hall–Kier alpha value is -0.0800. The molecule has 0 aliphatic heterocycles. The Morgan fingerprint density at radius 2 is 0.818 bits per heavy atom. The Labute approximate surface area is 140 Å². The summed E-state index contributed by atoms with van der Waals surface area (Å²) < 4.78 is 0. The second-order valence-electron chi connectivity index (χ2n) is 8.01. The van der Waals surface area contributed by atoms with Crippen molar-refractivity contribution in [2.45, 2.75) is 130 Å². The lowest BCUT2D eigenvalue weighted by Crippen LogP contribution is -2.32. The summed E-state index contributed by atoms with van der Waals surface area (Å²) in [5.74, 6) is 0. The summed E-state index contributed by atoms with van der Waals surface area (Å²) in [6, 6.07) is 0. The van der Waals surface area contributed by atoms with E-state index in [9.17, 15) is 0 Å². The molecule has 0 aromatic heterocycles. The third-order valence-corrected chi connectivity index (χ3v) is 4.26. The first kappa shape index (κ1) is 21.9. The van der Waals surface area contributed by atoms with Crippen LogP contribution in [0.5, 0.6) is 0 Å². The summed E-state index contributed by atoms with van der Waals surface area (Å²) >= 11 is 0. The summed E-state index contributed by atoms with van der Waals surface area (Å²) in [5.41, 5.74) is -0.350. The highest BCUT2D eigenvalue weighted by Gasteiger charge is 2.26. The molecule has 0 rings (SSSR count). The van der Waals surface area contributed by atoms with Gasteiger partial charge in [-0.2, -0.15) is 0 Å². The minimum Gasteiger partial charge on any atom is -0.230 e. The van der Waals surface area contributed by atoms with E-state index in [1.807, 2.05) is 0 Å². The molecule has 2 nitrogen and oxygen atoms in total. The van der Waals surface area contributed by atoms with Gasteiger partial charge >= 0.3 is 0 Å². The van der Waals surface area contributed by atoms with Crippen LogP contribution in [0.2, 0.25) is 0 Å². The Balaban J connectivity index is 3.80.